The van der Waals surface area contributed by atoms with Gasteiger partial charge < -0.3 is 5.11 Å². The molecule has 0 saturated heterocycles. The van der Waals surface area contributed by atoms with Gasteiger partial charge in [-0.2, -0.15) is 0 Å². The predicted molar refractivity (Wildman–Crippen MR) is 79.3 cm³/mol. The third kappa shape index (κ3) is 2.22. The number of benzene rings is 1. The van der Waals surface area contributed by atoms with Crippen molar-refractivity contribution in [3.8, 4) is 0 Å². The Hall–Kier alpha value is -2.45. The van der Waals surface area contributed by atoms with Gasteiger partial charge in [0.05, 0.1) is 16.3 Å². The first kappa shape index (κ1) is 14.5. The standard InChI is InChI=1S/C14H13N3O4S/c15-14-16-11-8-9(13(18)19)6-7-12(11)17(14)22(20,21)10-4-2-1-3-5-10/h1-5,7-8,14H,6,15H2,(H,18,19). The van der Waals surface area contributed by atoms with Crippen LogP contribution in [-0.4, -0.2) is 35.8 Å². The molecule has 8 heteroatoms. The summed E-state index contributed by atoms with van der Waals surface area (Å²) in [5.41, 5.74) is 6.57. The Morgan fingerprint density at radius 1 is 1.32 bits per heavy atom. The highest BCUT2D eigenvalue weighted by Crippen LogP contribution is 2.31. The van der Waals surface area contributed by atoms with Gasteiger partial charge in [-0.05, 0) is 24.6 Å². The van der Waals surface area contributed by atoms with Gasteiger partial charge in [0.2, 0.25) is 0 Å². The molecule has 0 bridgehead atoms. The molecule has 1 atom stereocenters. The quantitative estimate of drug-likeness (QED) is 0.850. The van der Waals surface area contributed by atoms with Crippen molar-refractivity contribution in [1.29, 1.82) is 0 Å². The van der Waals surface area contributed by atoms with Gasteiger partial charge in [-0.1, -0.05) is 24.3 Å². The fourth-order valence-electron chi connectivity index (χ4n) is 2.38. The molecule has 1 heterocycles. The van der Waals surface area contributed by atoms with Crippen molar-refractivity contribution in [1.82, 2.24) is 4.31 Å². The van der Waals surface area contributed by atoms with Gasteiger partial charge in [0.15, 0.2) is 6.29 Å². The number of nitrogens with zero attached hydrogens (tertiary/aromatic N) is 2. The monoisotopic (exact) mass is 319 g/mol. The van der Waals surface area contributed by atoms with Crippen LogP contribution < -0.4 is 5.73 Å². The number of fused-ring (bicyclic) bond motifs is 1. The van der Waals surface area contributed by atoms with Crippen LogP contribution in [0.25, 0.3) is 0 Å². The van der Waals surface area contributed by atoms with E-state index >= 15 is 0 Å². The second kappa shape index (κ2) is 5.08. The number of hydrogen-bond donors (Lipinski definition) is 2. The number of rotatable bonds is 3. The van der Waals surface area contributed by atoms with E-state index in [-0.39, 0.29) is 22.6 Å². The van der Waals surface area contributed by atoms with Crippen LogP contribution in [0.15, 0.2) is 63.6 Å². The summed E-state index contributed by atoms with van der Waals surface area (Å²) in [6, 6.07) is 7.90. The van der Waals surface area contributed by atoms with Crippen LogP contribution in [0.3, 0.4) is 0 Å². The lowest BCUT2D eigenvalue weighted by atomic mass is 10.0. The molecule has 0 saturated carbocycles. The number of aliphatic imine (C=N–C) groups is 1. The first-order valence-electron chi connectivity index (χ1n) is 6.48. The van der Waals surface area contributed by atoms with Crippen molar-refractivity contribution < 1.29 is 18.3 Å². The largest absolute Gasteiger partial charge is 0.478 e. The molecule has 1 aromatic carbocycles. The van der Waals surface area contributed by atoms with E-state index in [1.54, 1.807) is 18.2 Å². The lowest BCUT2D eigenvalue weighted by molar-refractivity contribution is -0.132. The molecule has 0 spiro atoms. The second-order valence-electron chi connectivity index (χ2n) is 4.81. The molecule has 1 unspecified atom stereocenters. The van der Waals surface area contributed by atoms with Crippen LogP contribution in [0.2, 0.25) is 0 Å². The molecule has 0 aromatic heterocycles. The van der Waals surface area contributed by atoms with Gasteiger partial charge in [-0.15, -0.1) is 0 Å². The zero-order valence-electron chi connectivity index (χ0n) is 11.4. The number of hydrogen-bond acceptors (Lipinski definition) is 5. The Bertz CT molecular complexity index is 825. The van der Waals surface area contributed by atoms with Crippen LogP contribution in [0, 0.1) is 0 Å². The van der Waals surface area contributed by atoms with E-state index in [2.05, 4.69) is 4.99 Å². The average Bonchev–Trinajstić information content (AvgIpc) is 2.83. The van der Waals surface area contributed by atoms with Crippen molar-refractivity contribution in [2.45, 2.75) is 17.6 Å². The Balaban J connectivity index is 2.01. The lowest BCUT2D eigenvalue weighted by Crippen LogP contribution is -2.41. The van der Waals surface area contributed by atoms with Crippen LogP contribution in [0.4, 0.5) is 0 Å². The molecule has 0 fully saturated rings. The van der Waals surface area contributed by atoms with Gasteiger partial charge in [0.25, 0.3) is 10.0 Å². The highest BCUT2D eigenvalue weighted by molar-refractivity contribution is 7.89. The topological polar surface area (TPSA) is 113 Å². The molecule has 1 aromatic rings. The van der Waals surface area contributed by atoms with E-state index in [0.717, 1.165) is 4.31 Å². The fourth-order valence-corrected chi connectivity index (χ4v) is 3.87. The van der Waals surface area contributed by atoms with E-state index in [9.17, 15) is 13.2 Å². The van der Waals surface area contributed by atoms with E-state index in [4.69, 9.17) is 10.8 Å². The zero-order valence-corrected chi connectivity index (χ0v) is 12.2. The molecule has 3 rings (SSSR count). The van der Waals surface area contributed by atoms with Crippen LogP contribution >= 0.6 is 0 Å². The minimum Gasteiger partial charge on any atom is -0.478 e. The molecule has 22 heavy (non-hydrogen) atoms. The van der Waals surface area contributed by atoms with Crippen molar-refractivity contribution in [2.24, 2.45) is 10.7 Å². The molecule has 114 valence electrons. The SMILES string of the molecule is NC1N=C2C=C(C(=O)O)CC=C2N1S(=O)(=O)c1ccccc1. The summed E-state index contributed by atoms with van der Waals surface area (Å²) >= 11 is 0. The first-order valence-corrected chi connectivity index (χ1v) is 7.92. The number of carboxylic acid groups (broad SMARTS) is 1. The van der Waals surface area contributed by atoms with Gasteiger partial charge in [-0.25, -0.2) is 22.5 Å². The van der Waals surface area contributed by atoms with Gasteiger partial charge in [0, 0.05) is 5.57 Å². The van der Waals surface area contributed by atoms with E-state index < -0.39 is 22.3 Å². The van der Waals surface area contributed by atoms with E-state index in [1.165, 1.54) is 24.3 Å². The molecule has 0 radical (unpaired) electrons. The fraction of sp³-hybridized carbons (Fsp3) is 0.143. The summed E-state index contributed by atoms with van der Waals surface area (Å²) in [6.45, 7) is 0. The second-order valence-corrected chi connectivity index (χ2v) is 6.63. The van der Waals surface area contributed by atoms with Crippen molar-refractivity contribution in [3.05, 3.63) is 53.8 Å². The maximum atomic E-state index is 12.7. The summed E-state index contributed by atoms with van der Waals surface area (Å²) in [7, 11) is -3.85. The molecule has 7 nitrogen and oxygen atoms in total. The van der Waals surface area contributed by atoms with Gasteiger partial charge in [0.1, 0.15) is 0 Å². The Morgan fingerprint density at radius 2 is 2.00 bits per heavy atom. The number of nitrogens with two attached hydrogens (primary N) is 1. The van der Waals surface area contributed by atoms with Crippen LogP contribution in [0.5, 0.6) is 0 Å². The maximum Gasteiger partial charge on any atom is 0.331 e. The smallest absolute Gasteiger partial charge is 0.331 e. The number of allylic oxidation sites excluding steroid dienone is 2. The molecule has 1 aliphatic heterocycles. The van der Waals surface area contributed by atoms with E-state index in [1.807, 2.05) is 0 Å². The summed E-state index contributed by atoms with van der Waals surface area (Å²) in [5.74, 6) is -1.06. The average molecular weight is 319 g/mol. The third-order valence-corrected chi connectivity index (χ3v) is 5.21. The van der Waals surface area contributed by atoms with E-state index in [0.29, 0.717) is 5.70 Å². The molecular formula is C14H13N3O4S. The lowest BCUT2D eigenvalue weighted by Gasteiger charge is -2.24. The zero-order chi connectivity index (χ0) is 15.9. The molecule has 3 N–H and O–H groups in total. The number of sulfonamides is 1. The highest BCUT2D eigenvalue weighted by Gasteiger charge is 2.38. The third-order valence-electron chi connectivity index (χ3n) is 3.41. The summed E-state index contributed by atoms with van der Waals surface area (Å²) in [4.78, 5) is 15.2. The Kier molecular flexibility index (Phi) is 3.34. The molecule has 1 aliphatic carbocycles. The van der Waals surface area contributed by atoms with Crippen molar-refractivity contribution in [2.75, 3.05) is 0 Å². The normalized spacial score (nSPS) is 20.9. The number of carboxylic acids is 1. The number of carbonyl (C=O) groups is 1. The van der Waals surface area contributed by atoms with Crippen LogP contribution in [-0.2, 0) is 14.8 Å². The Morgan fingerprint density at radius 3 is 2.64 bits per heavy atom. The summed E-state index contributed by atoms with van der Waals surface area (Å²) < 4.78 is 26.4. The van der Waals surface area contributed by atoms with Gasteiger partial charge in [-0.3, -0.25) is 5.73 Å². The van der Waals surface area contributed by atoms with Crippen molar-refractivity contribution >= 4 is 21.7 Å². The first-order chi connectivity index (χ1) is 10.4. The molecule has 2 aliphatic rings. The van der Waals surface area contributed by atoms with Crippen molar-refractivity contribution in [3.63, 3.8) is 0 Å². The molecule has 0 amide bonds. The number of aliphatic carboxylic acids is 1. The highest BCUT2D eigenvalue weighted by atomic mass is 32.2. The Labute approximate surface area is 127 Å². The maximum absolute atomic E-state index is 12.7. The minimum absolute atomic E-state index is 0.107. The molecular weight excluding hydrogens is 306 g/mol. The predicted octanol–water partition coefficient (Wildman–Crippen LogP) is 0.673. The van der Waals surface area contributed by atoms with Gasteiger partial charge >= 0.3 is 5.97 Å². The summed E-state index contributed by atoms with van der Waals surface area (Å²) in [6.07, 6.45) is 1.90. The van der Waals surface area contributed by atoms with Crippen LogP contribution in [0.1, 0.15) is 6.42 Å². The minimum atomic E-state index is -3.85. The summed E-state index contributed by atoms with van der Waals surface area (Å²) in [5, 5.41) is 9.01.